The van der Waals surface area contributed by atoms with E-state index < -0.39 is 0 Å². The lowest BCUT2D eigenvalue weighted by atomic mass is 9.90. The third kappa shape index (κ3) is 2.62. The van der Waals surface area contributed by atoms with Gasteiger partial charge in [-0.2, -0.15) is 0 Å². The normalized spacial score (nSPS) is 10.4. The highest BCUT2D eigenvalue weighted by Crippen LogP contribution is 2.30. The molecule has 0 saturated heterocycles. The van der Waals surface area contributed by atoms with E-state index in [4.69, 9.17) is 5.73 Å². The molecule has 4 heteroatoms. The quantitative estimate of drug-likeness (QED) is 0.912. The highest BCUT2D eigenvalue weighted by molar-refractivity contribution is 5.96. The summed E-state index contributed by atoms with van der Waals surface area (Å²) < 4.78 is 0. The molecular weight excluding hydrogens is 238 g/mol. The van der Waals surface area contributed by atoms with E-state index in [1.54, 1.807) is 18.5 Å². The monoisotopic (exact) mass is 255 g/mol. The minimum absolute atomic E-state index is 0.387. The molecule has 0 atom stereocenters. The molecule has 1 amide bonds. The molecule has 0 aliphatic carbocycles. The third-order valence-electron chi connectivity index (χ3n) is 3.14. The zero-order valence-electron chi connectivity index (χ0n) is 11.2. The molecule has 1 aromatic carbocycles. The molecule has 1 aromatic heterocycles. The summed E-state index contributed by atoms with van der Waals surface area (Å²) in [5.41, 5.74) is 10.1. The highest BCUT2D eigenvalue weighted by atomic mass is 16.1. The van der Waals surface area contributed by atoms with Crippen LogP contribution in [0.25, 0.3) is 11.1 Å². The van der Waals surface area contributed by atoms with Crippen molar-refractivity contribution in [3.05, 3.63) is 47.5 Å². The number of nitrogens with two attached hydrogens (primary N) is 1. The molecule has 0 aliphatic rings. The zero-order chi connectivity index (χ0) is 13.8. The lowest BCUT2D eigenvalue weighted by Gasteiger charge is -2.15. The van der Waals surface area contributed by atoms with Crippen molar-refractivity contribution in [3.63, 3.8) is 0 Å². The molecule has 2 aromatic rings. The van der Waals surface area contributed by atoms with Crippen molar-refractivity contribution < 1.29 is 4.79 Å². The molecule has 19 heavy (non-hydrogen) atoms. The van der Waals surface area contributed by atoms with E-state index in [-0.39, 0.29) is 5.91 Å². The van der Waals surface area contributed by atoms with Gasteiger partial charge in [-0.1, -0.05) is 19.4 Å². The van der Waals surface area contributed by atoms with Crippen LogP contribution < -0.4 is 5.73 Å². The molecule has 0 bridgehead atoms. The maximum Gasteiger partial charge on any atom is 0.248 e. The number of benzene rings is 1. The lowest BCUT2D eigenvalue weighted by Crippen LogP contribution is -2.15. The second kappa shape index (κ2) is 5.61. The van der Waals surface area contributed by atoms with E-state index in [1.165, 1.54) is 6.33 Å². The van der Waals surface area contributed by atoms with Crippen LogP contribution >= 0.6 is 0 Å². The molecule has 0 radical (unpaired) electrons. The summed E-state index contributed by atoms with van der Waals surface area (Å²) in [6, 6.07) is 3.72. The van der Waals surface area contributed by atoms with Gasteiger partial charge in [-0.25, -0.2) is 9.97 Å². The standard InChI is InChI=1S/C15H17N3O/c1-3-4-12-13(15(16)19)6-5-10(2)14(12)11-7-17-9-18-8-11/h5-9H,3-4H2,1-2H3,(H2,16,19). The van der Waals surface area contributed by atoms with Gasteiger partial charge < -0.3 is 5.73 Å². The topological polar surface area (TPSA) is 68.9 Å². The van der Waals surface area contributed by atoms with Gasteiger partial charge in [-0.05, 0) is 36.1 Å². The number of aryl methyl sites for hydroxylation is 1. The van der Waals surface area contributed by atoms with Gasteiger partial charge in [0.05, 0.1) is 0 Å². The Morgan fingerprint density at radius 1 is 1.26 bits per heavy atom. The Morgan fingerprint density at radius 3 is 2.53 bits per heavy atom. The molecule has 98 valence electrons. The number of aromatic nitrogens is 2. The molecule has 4 nitrogen and oxygen atoms in total. The SMILES string of the molecule is CCCc1c(C(N)=O)ccc(C)c1-c1cncnc1. The Bertz CT molecular complexity index is 594. The first-order valence-electron chi connectivity index (χ1n) is 6.32. The number of rotatable bonds is 4. The van der Waals surface area contributed by atoms with Crippen LogP contribution in [0.5, 0.6) is 0 Å². The number of hydrogen-bond donors (Lipinski definition) is 1. The Kier molecular flexibility index (Phi) is 3.90. The van der Waals surface area contributed by atoms with Crippen molar-refractivity contribution in [2.45, 2.75) is 26.7 Å². The summed E-state index contributed by atoms with van der Waals surface area (Å²) in [7, 11) is 0. The van der Waals surface area contributed by atoms with Crippen molar-refractivity contribution in [1.29, 1.82) is 0 Å². The van der Waals surface area contributed by atoms with Gasteiger partial charge in [0.25, 0.3) is 0 Å². The van der Waals surface area contributed by atoms with Gasteiger partial charge in [0.15, 0.2) is 0 Å². The number of carbonyl (C=O) groups excluding carboxylic acids is 1. The lowest BCUT2D eigenvalue weighted by molar-refractivity contribution is 0.0999. The van der Waals surface area contributed by atoms with Crippen LogP contribution in [0.2, 0.25) is 0 Å². The molecule has 1 heterocycles. The van der Waals surface area contributed by atoms with E-state index in [1.807, 2.05) is 13.0 Å². The van der Waals surface area contributed by atoms with Gasteiger partial charge in [-0.15, -0.1) is 0 Å². The molecule has 2 rings (SSSR count). The van der Waals surface area contributed by atoms with Crippen molar-refractivity contribution in [2.75, 3.05) is 0 Å². The third-order valence-corrected chi connectivity index (χ3v) is 3.14. The minimum atomic E-state index is -0.387. The average molecular weight is 255 g/mol. The number of hydrogen-bond acceptors (Lipinski definition) is 3. The summed E-state index contributed by atoms with van der Waals surface area (Å²) in [5, 5.41) is 0. The van der Waals surface area contributed by atoms with Crippen LogP contribution in [0, 0.1) is 6.92 Å². The van der Waals surface area contributed by atoms with Crippen LogP contribution in [-0.2, 0) is 6.42 Å². The first-order valence-corrected chi connectivity index (χ1v) is 6.32. The summed E-state index contributed by atoms with van der Waals surface area (Å²) in [6.45, 7) is 4.10. The van der Waals surface area contributed by atoms with E-state index in [9.17, 15) is 4.79 Å². The van der Waals surface area contributed by atoms with Crippen molar-refractivity contribution in [2.24, 2.45) is 5.73 Å². The molecule has 2 N–H and O–H groups in total. The maximum atomic E-state index is 11.6. The predicted molar refractivity (Wildman–Crippen MR) is 74.7 cm³/mol. The van der Waals surface area contributed by atoms with Crippen LogP contribution in [0.4, 0.5) is 0 Å². The van der Waals surface area contributed by atoms with Gasteiger partial charge in [0.2, 0.25) is 5.91 Å². The van der Waals surface area contributed by atoms with Crippen molar-refractivity contribution in [3.8, 4) is 11.1 Å². The van der Waals surface area contributed by atoms with E-state index in [0.717, 1.165) is 35.1 Å². The molecule has 0 fully saturated rings. The molecule has 0 spiro atoms. The fourth-order valence-corrected chi connectivity index (χ4v) is 2.34. The Balaban J connectivity index is 2.70. The minimum Gasteiger partial charge on any atom is -0.366 e. The highest BCUT2D eigenvalue weighted by Gasteiger charge is 2.15. The molecule has 0 aliphatic heterocycles. The van der Waals surface area contributed by atoms with E-state index >= 15 is 0 Å². The molecule has 0 unspecified atom stereocenters. The second-order valence-corrected chi connectivity index (χ2v) is 4.52. The van der Waals surface area contributed by atoms with Gasteiger partial charge >= 0.3 is 0 Å². The van der Waals surface area contributed by atoms with E-state index in [2.05, 4.69) is 16.9 Å². The first kappa shape index (κ1) is 13.2. The van der Waals surface area contributed by atoms with Crippen LogP contribution in [-0.4, -0.2) is 15.9 Å². The Hall–Kier alpha value is -2.23. The number of amides is 1. The Morgan fingerprint density at radius 2 is 1.95 bits per heavy atom. The van der Waals surface area contributed by atoms with Crippen LogP contribution in [0.1, 0.15) is 34.8 Å². The number of primary amides is 1. The maximum absolute atomic E-state index is 11.6. The Labute approximate surface area is 112 Å². The van der Waals surface area contributed by atoms with Crippen molar-refractivity contribution in [1.82, 2.24) is 9.97 Å². The number of nitrogens with zero attached hydrogens (tertiary/aromatic N) is 2. The van der Waals surface area contributed by atoms with Crippen molar-refractivity contribution >= 4 is 5.91 Å². The van der Waals surface area contributed by atoms with E-state index in [0.29, 0.717) is 5.56 Å². The predicted octanol–water partition coefficient (Wildman–Crippen LogP) is 2.50. The van der Waals surface area contributed by atoms with Gasteiger partial charge in [0.1, 0.15) is 6.33 Å². The van der Waals surface area contributed by atoms with Crippen LogP contribution in [0.3, 0.4) is 0 Å². The fraction of sp³-hybridized carbons (Fsp3) is 0.267. The summed E-state index contributed by atoms with van der Waals surface area (Å²) >= 11 is 0. The smallest absolute Gasteiger partial charge is 0.248 e. The number of carbonyl (C=O) groups is 1. The average Bonchev–Trinajstić information content (AvgIpc) is 2.40. The second-order valence-electron chi connectivity index (χ2n) is 4.52. The zero-order valence-corrected chi connectivity index (χ0v) is 11.2. The van der Waals surface area contributed by atoms with Gasteiger partial charge in [0, 0.05) is 23.5 Å². The largest absolute Gasteiger partial charge is 0.366 e. The summed E-state index contributed by atoms with van der Waals surface area (Å²) in [4.78, 5) is 19.7. The van der Waals surface area contributed by atoms with Gasteiger partial charge in [-0.3, -0.25) is 4.79 Å². The van der Waals surface area contributed by atoms with Crippen LogP contribution in [0.15, 0.2) is 30.9 Å². The first-order chi connectivity index (χ1) is 9.15. The summed E-state index contributed by atoms with van der Waals surface area (Å²) in [6.07, 6.45) is 6.78. The molecular formula is C15H17N3O. The molecule has 0 saturated carbocycles. The fourth-order valence-electron chi connectivity index (χ4n) is 2.34. The summed E-state index contributed by atoms with van der Waals surface area (Å²) in [5.74, 6) is -0.387.